The van der Waals surface area contributed by atoms with E-state index < -0.39 is 0 Å². The first-order valence-electron chi connectivity index (χ1n) is 5.89. The number of nitrogens with zero attached hydrogens (tertiary/aromatic N) is 5. The van der Waals surface area contributed by atoms with E-state index in [4.69, 9.17) is 12.2 Å². The van der Waals surface area contributed by atoms with E-state index in [1.165, 1.54) is 4.68 Å². The van der Waals surface area contributed by atoms with E-state index in [2.05, 4.69) is 25.3 Å². The van der Waals surface area contributed by atoms with Gasteiger partial charge in [-0.05, 0) is 36.5 Å². The molecular formula is C13H10N6S. The van der Waals surface area contributed by atoms with Crippen LogP contribution in [0.25, 0.3) is 11.5 Å². The van der Waals surface area contributed by atoms with Crippen LogP contribution in [0.4, 0.5) is 0 Å². The Morgan fingerprint density at radius 3 is 2.60 bits per heavy atom. The number of pyridine rings is 2. The smallest absolute Gasteiger partial charge is 0.216 e. The summed E-state index contributed by atoms with van der Waals surface area (Å²) in [6, 6.07) is 11.2. The van der Waals surface area contributed by atoms with Gasteiger partial charge in [0, 0.05) is 12.4 Å². The van der Waals surface area contributed by atoms with Gasteiger partial charge in [0.15, 0.2) is 0 Å². The van der Waals surface area contributed by atoms with Crippen LogP contribution in [0.2, 0.25) is 0 Å². The van der Waals surface area contributed by atoms with Crippen molar-refractivity contribution in [1.29, 1.82) is 0 Å². The van der Waals surface area contributed by atoms with Crippen LogP contribution in [0.3, 0.4) is 0 Å². The number of aromatic nitrogens is 5. The van der Waals surface area contributed by atoms with Gasteiger partial charge in [0.25, 0.3) is 0 Å². The van der Waals surface area contributed by atoms with Crippen LogP contribution >= 0.6 is 12.2 Å². The van der Waals surface area contributed by atoms with Gasteiger partial charge in [-0.1, -0.05) is 12.1 Å². The van der Waals surface area contributed by atoms with E-state index in [1.807, 2.05) is 36.4 Å². The monoisotopic (exact) mass is 282 g/mol. The highest BCUT2D eigenvalue weighted by atomic mass is 32.1. The fraction of sp³-hybridized carbons (Fsp3) is 0. The molecule has 3 heterocycles. The van der Waals surface area contributed by atoms with Crippen LogP contribution in [0.15, 0.2) is 53.9 Å². The predicted octanol–water partition coefficient (Wildman–Crippen LogP) is 2.28. The minimum atomic E-state index is 0.401. The molecule has 0 atom stereocenters. The van der Waals surface area contributed by atoms with Crippen molar-refractivity contribution >= 4 is 18.4 Å². The van der Waals surface area contributed by atoms with Gasteiger partial charge in [0.05, 0.1) is 11.9 Å². The molecule has 0 aliphatic heterocycles. The van der Waals surface area contributed by atoms with Crippen LogP contribution in [0.1, 0.15) is 5.69 Å². The Bertz CT molecular complexity index is 775. The zero-order valence-electron chi connectivity index (χ0n) is 10.3. The van der Waals surface area contributed by atoms with Crippen molar-refractivity contribution in [2.75, 3.05) is 0 Å². The summed E-state index contributed by atoms with van der Waals surface area (Å²) in [7, 11) is 0. The van der Waals surface area contributed by atoms with E-state index >= 15 is 0 Å². The maximum absolute atomic E-state index is 5.17. The number of aromatic amines is 1. The molecular weight excluding hydrogens is 272 g/mol. The molecule has 0 aliphatic rings. The fourth-order valence-electron chi connectivity index (χ4n) is 1.63. The van der Waals surface area contributed by atoms with Crippen LogP contribution in [0.5, 0.6) is 0 Å². The zero-order valence-corrected chi connectivity index (χ0v) is 11.2. The molecule has 1 N–H and O–H groups in total. The highest BCUT2D eigenvalue weighted by Gasteiger charge is 2.08. The van der Waals surface area contributed by atoms with Gasteiger partial charge in [-0.3, -0.25) is 9.97 Å². The summed E-state index contributed by atoms with van der Waals surface area (Å²) in [4.78, 5) is 8.41. The van der Waals surface area contributed by atoms with Crippen molar-refractivity contribution in [1.82, 2.24) is 24.8 Å². The first-order valence-corrected chi connectivity index (χ1v) is 6.29. The first kappa shape index (κ1) is 12.4. The highest BCUT2D eigenvalue weighted by molar-refractivity contribution is 7.71. The topological polar surface area (TPSA) is 71.8 Å². The summed E-state index contributed by atoms with van der Waals surface area (Å²) in [5.74, 6) is 0.558. The molecule has 0 saturated heterocycles. The summed E-state index contributed by atoms with van der Waals surface area (Å²) >= 11 is 5.17. The van der Waals surface area contributed by atoms with Gasteiger partial charge in [-0.15, -0.1) is 0 Å². The largest absolute Gasteiger partial charge is 0.255 e. The Labute approximate surface area is 119 Å². The SMILES string of the molecule is S=c1[nH]nc(-c2ccccn2)n1/N=C/c1ccccn1. The first-order chi connectivity index (χ1) is 9.84. The van der Waals surface area contributed by atoms with E-state index in [-0.39, 0.29) is 0 Å². The van der Waals surface area contributed by atoms with Crippen molar-refractivity contribution in [2.24, 2.45) is 5.10 Å². The predicted molar refractivity (Wildman–Crippen MR) is 77.9 cm³/mol. The summed E-state index contributed by atoms with van der Waals surface area (Å²) in [6.07, 6.45) is 5.02. The fourth-order valence-corrected chi connectivity index (χ4v) is 1.81. The molecule has 0 saturated carbocycles. The molecule has 0 radical (unpaired) electrons. The lowest BCUT2D eigenvalue weighted by atomic mass is 10.3. The molecule has 0 unspecified atom stereocenters. The third-order valence-corrected chi connectivity index (χ3v) is 2.80. The summed E-state index contributed by atoms with van der Waals surface area (Å²) in [5, 5.41) is 11.2. The van der Waals surface area contributed by atoms with E-state index in [0.29, 0.717) is 16.3 Å². The molecule has 0 bridgehead atoms. The van der Waals surface area contributed by atoms with E-state index in [0.717, 1.165) is 5.69 Å². The number of hydrogen-bond donors (Lipinski definition) is 1. The van der Waals surface area contributed by atoms with Crippen molar-refractivity contribution in [3.63, 3.8) is 0 Å². The van der Waals surface area contributed by atoms with Gasteiger partial charge in [-0.25, -0.2) is 5.10 Å². The third-order valence-electron chi connectivity index (χ3n) is 2.54. The second kappa shape index (κ2) is 5.54. The molecule has 7 heteroatoms. The molecule has 3 rings (SSSR count). The number of rotatable bonds is 3. The number of nitrogens with one attached hydrogen (secondary N) is 1. The molecule has 0 aliphatic carbocycles. The van der Waals surface area contributed by atoms with Crippen molar-refractivity contribution in [2.45, 2.75) is 0 Å². The number of hydrogen-bond acceptors (Lipinski definition) is 5. The molecule has 3 aromatic heterocycles. The Morgan fingerprint density at radius 2 is 1.90 bits per heavy atom. The average molecular weight is 282 g/mol. The minimum Gasteiger partial charge on any atom is -0.255 e. The Balaban J connectivity index is 2.01. The molecule has 6 nitrogen and oxygen atoms in total. The molecule has 0 aromatic carbocycles. The van der Waals surface area contributed by atoms with Crippen LogP contribution in [0, 0.1) is 4.77 Å². The van der Waals surface area contributed by atoms with Crippen LogP contribution < -0.4 is 0 Å². The van der Waals surface area contributed by atoms with E-state index in [9.17, 15) is 0 Å². The average Bonchev–Trinajstić information content (AvgIpc) is 2.88. The zero-order chi connectivity index (χ0) is 13.8. The van der Waals surface area contributed by atoms with Gasteiger partial charge in [0.1, 0.15) is 5.69 Å². The van der Waals surface area contributed by atoms with Gasteiger partial charge < -0.3 is 0 Å². The molecule has 20 heavy (non-hydrogen) atoms. The van der Waals surface area contributed by atoms with Crippen LogP contribution in [-0.4, -0.2) is 31.1 Å². The molecule has 3 aromatic rings. The second-order valence-corrected chi connectivity index (χ2v) is 4.27. The minimum absolute atomic E-state index is 0.401. The standard InChI is InChI=1S/C13H10N6S/c20-13-18-17-12(11-6-2-4-8-15-11)19(13)16-9-10-5-1-3-7-14-10/h1-9H,(H,18,20)/b16-9+. The Kier molecular flexibility index (Phi) is 3.42. The van der Waals surface area contributed by atoms with E-state index in [1.54, 1.807) is 18.6 Å². The summed E-state index contributed by atoms with van der Waals surface area (Å²) < 4.78 is 1.92. The van der Waals surface area contributed by atoms with Gasteiger partial charge >= 0.3 is 0 Å². The maximum Gasteiger partial charge on any atom is 0.216 e. The van der Waals surface area contributed by atoms with Crippen LogP contribution in [-0.2, 0) is 0 Å². The number of H-pyrrole nitrogens is 1. The normalized spacial score (nSPS) is 11.0. The second-order valence-electron chi connectivity index (χ2n) is 3.88. The molecule has 0 spiro atoms. The summed E-state index contributed by atoms with van der Waals surface area (Å²) in [6.45, 7) is 0. The molecule has 0 amide bonds. The van der Waals surface area contributed by atoms with Gasteiger partial charge in [-0.2, -0.15) is 14.9 Å². The lowest BCUT2D eigenvalue weighted by molar-refractivity contribution is 0.866. The highest BCUT2D eigenvalue weighted by Crippen LogP contribution is 2.13. The Morgan fingerprint density at radius 1 is 1.10 bits per heavy atom. The van der Waals surface area contributed by atoms with Crippen molar-refractivity contribution in [3.05, 3.63) is 59.3 Å². The summed E-state index contributed by atoms with van der Waals surface area (Å²) in [5.41, 5.74) is 1.43. The van der Waals surface area contributed by atoms with Gasteiger partial charge in [0.2, 0.25) is 10.6 Å². The van der Waals surface area contributed by atoms with Crippen molar-refractivity contribution < 1.29 is 0 Å². The van der Waals surface area contributed by atoms with Crippen molar-refractivity contribution in [3.8, 4) is 11.5 Å². The third kappa shape index (κ3) is 2.52. The lowest BCUT2D eigenvalue weighted by Gasteiger charge is -1.99. The Hall–Kier alpha value is -2.67. The molecule has 98 valence electrons. The maximum atomic E-state index is 5.17. The lowest BCUT2D eigenvalue weighted by Crippen LogP contribution is -1.97. The molecule has 0 fully saturated rings. The quantitative estimate of drug-likeness (QED) is 0.591.